The molecule has 0 saturated carbocycles. The Balaban J connectivity index is 4.73. The fourth-order valence-corrected chi connectivity index (χ4v) is 2.54. The van der Waals surface area contributed by atoms with E-state index in [-0.39, 0.29) is 6.61 Å². The van der Waals surface area contributed by atoms with Crippen LogP contribution in [0.25, 0.3) is 0 Å². The Bertz CT molecular complexity index is 287. The molecule has 0 saturated heterocycles. The van der Waals surface area contributed by atoms with Crippen LogP contribution in [0.1, 0.15) is 27.7 Å². The minimum absolute atomic E-state index is 0.100. The smallest absolute Gasteiger partial charge is 0.333 e. The maximum atomic E-state index is 11.4. The molecule has 112 valence electrons. The molecule has 0 rings (SSSR count). The summed E-state index contributed by atoms with van der Waals surface area (Å²) in [5.41, 5.74) is -0.434. The Labute approximate surface area is 118 Å². The summed E-state index contributed by atoms with van der Waals surface area (Å²) in [5, 5.41) is 0. The van der Waals surface area contributed by atoms with Crippen molar-refractivity contribution in [2.75, 3.05) is 26.4 Å². The number of hydrogen-bond acceptors (Lipinski definition) is 5. The van der Waals surface area contributed by atoms with Crippen molar-refractivity contribution in [1.29, 1.82) is 0 Å². The van der Waals surface area contributed by atoms with E-state index < -0.39 is 17.5 Å². The molecule has 0 aromatic heterocycles. The van der Waals surface area contributed by atoms with E-state index in [4.69, 9.17) is 18.9 Å². The number of carbonyl (C=O) groups excluding carboxylic acids is 1. The first kappa shape index (κ1) is 18.3. The number of carbonyl (C=O) groups is 1. The predicted molar refractivity (Wildman–Crippen MR) is 77.1 cm³/mol. The molecule has 6 heteroatoms. The lowest BCUT2D eigenvalue weighted by molar-refractivity contribution is -0.244. The van der Waals surface area contributed by atoms with Gasteiger partial charge in [-0.2, -0.15) is 0 Å². The highest BCUT2D eigenvalue weighted by atomic mass is 28.1. The van der Waals surface area contributed by atoms with Gasteiger partial charge in [0.25, 0.3) is 0 Å². The Kier molecular flexibility index (Phi) is 8.91. The van der Waals surface area contributed by atoms with Gasteiger partial charge < -0.3 is 18.9 Å². The highest BCUT2D eigenvalue weighted by molar-refractivity contribution is 6.14. The molecule has 0 amide bonds. The zero-order valence-electron chi connectivity index (χ0n) is 12.7. The molecule has 0 aliphatic rings. The van der Waals surface area contributed by atoms with Crippen LogP contribution in [0.3, 0.4) is 0 Å². The summed E-state index contributed by atoms with van der Waals surface area (Å²) in [4.78, 5) is 11.4. The van der Waals surface area contributed by atoms with Gasteiger partial charge in [-0.05, 0) is 27.7 Å². The van der Waals surface area contributed by atoms with Crippen molar-refractivity contribution in [3.8, 4) is 0 Å². The monoisotopic (exact) mass is 290 g/mol. The van der Waals surface area contributed by atoms with E-state index in [1.54, 1.807) is 6.92 Å². The standard InChI is InChI=1S/C13H26O5Si/c1-6-15-11(9-16-12(14)10(4)5)13(19,17-7-2)18-8-3/h11H,4,6-9H2,1-3,5,19H3. The number of rotatable bonds is 10. The van der Waals surface area contributed by atoms with Crippen LogP contribution in [0.15, 0.2) is 12.2 Å². The van der Waals surface area contributed by atoms with E-state index in [1.165, 1.54) is 0 Å². The summed E-state index contributed by atoms with van der Waals surface area (Å²) in [6.07, 6.45) is -0.424. The molecule has 0 fully saturated rings. The molecule has 1 atom stereocenters. The lowest BCUT2D eigenvalue weighted by Crippen LogP contribution is -2.52. The van der Waals surface area contributed by atoms with Gasteiger partial charge in [-0.1, -0.05) is 6.58 Å². The lowest BCUT2D eigenvalue weighted by Gasteiger charge is -2.36. The van der Waals surface area contributed by atoms with E-state index in [0.717, 1.165) is 0 Å². The van der Waals surface area contributed by atoms with Gasteiger partial charge in [-0.15, -0.1) is 0 Å². The molecular formula is C13H26O5Si. The summed E-state index contributed by atoms with van der Waals surface area (Å²) in [6, 6.07) is 0. The fraction of sp³-hybridized carbons (Fsp3) is 0.769. The van der Waals surface area contributed by atoms with Crippen LogP contribution in [0.4, 0.5) is 0 Å². The first-order valence-corrected chi connectivity index (χ1v) is 7.63. The molecule has 0 aromatic rings. The lowest BCUT2D eigenvalue weighted by atomic mass is 10.3. The minimum atomic E-state index is -0.797. The Hall–Kier alpha value is -0.693. The second-order valence-corrected chi connectivity index (χ2v) is 5.60. The SMILES string of the molecule is C=C(C)C(=O)OCC(OCC)C([SiH3])(OCC)OCC. The Morgan fingerprint density at radius 2 is 1.74 bits per heavy atom. The topological polar surface area (TPSA) is 54.0 Å². The summed E-state index contributed by atoms with van der Waals surface area (Å²) in [6.45, 7) is 12.5. The third-order valence-electron chi connectivity index (χ3n) is 2.53. The van der Waals surface area contributed by atoms with Crippen LogP contribution in [0.5, 0.6) is 0 Å². The summed E-state index contributed by atoms with van der Waals surface area (Å²) >= 11 is 0. The van der Waals surface area contributed by atoms with Crippen molar-refractivity contribution in [2.45, 2.75) is 39.2 Å². The minimum Gasteiger partial charge on any atom is -0.459 e. The van der Waals surface area contributed by atoms with Gasteiger partial charge in [0.1, 0.15) is 12.7 Å². The predicted octanol–water partition coefficient (Wildman–Crippen LogP) is 0.603. The molecule has 0 N–H and O–H groups in total. The maximum absolute atomic E-state index is 11.4. The van der Waals surface area contributed by atoms with Gasteiger partial charge in [-0.3, -0.25) is 0 Å². The second kappa shape index (κ2) is 9.25. The third kappa shape index (κ3) is 6.33. The average molecular weight is 290 g/mol. The van der Waals surface area contributed by atoms with Crippen LogP contribution in [0, 0.1) is 0 Å². The molecule has 1 unspecified atom stereocenters. The van der Waals surface area contributed by atoms with Crippen molar-refractivity contribution >= 4 is 16.2 Å². The summed E-state index contributed by atoms with van der Waals surface area (Å²) in [5.74, 6) is -0.429. The number of esters is 1. The van der Waals surface area contributed by atoms with Crippen LogP contribution >= 0.6 is 0 Å². The molecule has 0 aliphatic carbocycles. The summed E-state index contributed by atoms with van der Waals surface area (Å²) < 4.78 is 22.1. The van der Waals surface area contributed by atoms with E-state index in [0.29, 0.717) is 35.6 Å². The highest BCUT2D eigenvalue weighted by Gasteiger charge is 2.37. The molecule has 0 heterocycles. The quantitative estimate of drug-likeness (QED) is 0.255. The molecule has 0 aliphatic heterocycles. The van der Waals surface area contributed by atoms with Gasteiger partial charge in [0.15, 0.2) is 5.41 Å². The molecule has 0 aromatic carbocycles. The normalized spacial score (nSPS) is 13.3. The molecule has 0 bridgehead atoms. The van der Waals surface area contributed by atoms with Gasteiger partial charge in [0.05, 0.1) is 10.2 Å². The molecule has 19 heavy (non-hydrogen) atoms. The van der Waals surface area contributed by atoms with Crippen molar-refractivity contribution in [3.63, 3.8) is 0 Å². The maximum Gasteiger partial charge on any atom is 0.333 e. The van der Waals surface area contributed by atoms with Crippen molar-refractivity contribution in [3.05, 3.63) is 12.2 Å². The number of hydrogen-bond donors (Lipinski definition) is 0. The van der Waals surface area contributed by atoms with E-state index >= 15 is 0 Å². The zero-order chi connectivity index (χ0) is 14.9. The van der Waals surface area contributed by atoms with E-state index in [1.807, 2.05) is 20.8 Å². The number of ether oxygens (including phenoxy) is 4. The van der Waals surface area contributed by atoms with Gasteiger partial charge in [0, 0.05) is 25.4 Å². The van der Waals surface area contributed by atoms with Crippen molar-refractivity contribution in [2.24, 2.45) is 0 Å². The largest absolute Gasteiger partial charge is 0.459 e. The highest BCUT2D eigenvalue weighted by Crippen LogP contribution is 2.18. The molecule has 0 spiro atoms. The van der Waals surface area contributed by atoms with Crippen LogP contribution in [-0.4, -0.2) is 54.2 Å². The molecular weight excluding hydrogens is 264 g/mol. The van der Waals surface area contributed by atoms with Crippen LogP contribution in [-0.2, 0) is 23.7 Å². The first-order chi connectivity index (χ1) is 8.91. The van der Waals surface area contributed by atoms with Crippen LogP contribution < -0.4 is 0 Å². The van der Waals surface area contributed by atoms with E-state index in [9.17, 15) is 4.79 Å². The van der Waals surface area contributed by atoms with Crippen molar-refractivity contribution in [1.82, 2.24) is 0 Å². The average Bonchev–Trinajstić information content (AvgIpc) is 2.34. The first-order valence-electron chi connectivity index (χ1n) is 6.63. The zero-order valence-corrected chi connectivity index (χ0v) is 14.7. The fourth-order valence-electron chi connectivity index (χ4n) is 1.63. The third-order valence-corrected chi connectivity index (χ3v) is 3.75. The molecule has 0 radical (unpaired) electrons. The van der Waals surface area contributed by atoms with Gasteiger partial charge >= 0.3 is 5.97 Å². The van der Waals surface area contributed by atoms with Crippen molar-refractivity contribution < 1.29 is 23.7 Å². The van der Waals surface area contributed by atoms with E-state index in [2.05, 4.69) is 6.58 Å². The second-order valence-electron chi connectivity index (χ2n) is 4.20. The van der Waals surface area contributed by atoms with Gasteiger partial charge in [-0.25, -0.2) is 4.79 Å². The van der Waals surface area contributed by atoms with Gasteiger partial charge in [0.2, 0.25) is 0 Å². The Morgan fingerprint density at radius 3 is 2.11 bits per heavy atom. The molecule has 5 nitrogen and oxygen atoms in total. The summed E-state index contributed by atoms with van der Waals surface area (Å²) in [7, 11) is 0.608. The Morgan fingerprint density at radius 1 is 1.21 bits per heavy atom. The van der Waals surface area contributed by atoms with Crippen LogP contribution in [0.2, 0.25) is 0 Å².